The highest BCUT2D eigenvalue weighted by Gasteiger charge is 2.49. The lowest BCUT2D eigenvalue weighted by Gasteiger charge is -2.40. The minimum absolute atomic E-state index is 0.0467. The Labute approximate surface area is 223 Å². The number of carbonyl (C=O) groups excluding carboxylic acids is 3. The number of esters is 1. The summed E-state index contributed by atoms with van der Waals surface area (Å²) < 4.78 is 10.9. The Morgan fingerprint density at radius 2 is 1.66 bits per heavy atom. The molecule has 0 saturated heterocycles. The topological polar surface area (TPSA) is 84.9 Å². The predicted octanol–water partition coefficient (Wildman–Crippen LogP) is 4.31. The predicted molar refractivity (Wildman–Crippen MR) is 145 cm³/mol. The van der Waals surface area contributed by atoms with E-state index in [1.807, 2.05) is 54.6 Å². The number of hydrogen-bond acceptors (Lipinski definition) is 5. The van der Waals surface area contributed by atoms with Gasteiger partial charge in [0.25, 0.3) is 5.91 Å². The highest BCUT2D eigenvalue weighted by Crippen LogP contribution is 2.48. The zero-order valence-corrected chi connectivity index (χ0v) is 22.1. The van der Waals surface area contributed by atoms with Crippen molar-refractivity contribution in [3.05, 3.63) is 101 Å². The molecule has 0 aromatic heterocycles. The summed E-state index contributed by atoms with van der Waals surface area (Å²) in [6.07, 6.45) is 0.961. The summed E-state index contributed by atoms with van der Waals surface area (Å²) in [7, 11) is 3.26. The average Bonchev–Trinajstić information content (AvgIpc) is 2.96. The SMILES string of the molecule is CCOC(=O)[C@@]1(c2ccccc2)CC[C@H](C(=O)N(C)CCNC(=O)c2ccccc2OC)c2ccccc21. The van der Waals surface area contributed by atoms with Crippen molar-refractivity contribution in [2.24, 2.45) is 0 Å². The van der Waals surface area contributed by atoms with Gasteiger partial charge in [0.15, 0.2) is 0 Å². The van der Waals surface area contributed by atoms with Crippen LogP contribution in [-0.2, 0) is 19.7 Å². The van der Waals surface area contributed by atoms with Crippen molar-refractivity contribution in [2.45, 2.75) is 31.1 Å². The number of likely N-dealkylation sites (N-methyl/N-ethyl adjacent to an activating group) is 1. The Morgan fingerprint density at radius 3 is 2.39 bits per heavy atom. The minimum Gasteiger partial charge on any atom is -0.496 e. The van der Waals surface area contributed by atoms with E-state index in [0.717, 1.165) is 16.7 Å². The zero-order chi connectivity index (χ0) is 27.1. The van der Waals surface area contributed by atoms with Crippen molar-refractivity contribution in [1.29, 1.82) is 0 Å². The van der Waals surface area contributed by atoms with Crippen molar-refractivity contribution >= 4 is 17.8 Å². The number of methoxy groups -OCH3 is 1. The van der Waals surface area contributed by atoms with Crippen molar-refractivity contribution < 1.29 is 23.9 Å². The molecule has 4 rings (SSSR count). The van der Waals surface area contributed by atoms with Crippen LogP contribution >= 0.6 is 0 Å². The molecule has 0 fully saturated rings. The molecule has 2 atom stereocenters. The van der Waals surface area contributed by atoms with Gasteiger partial charge in [0, 0.05) is 20.1 Å². The molecule has 2 amide bonds. The molecule has 0 spiro atoms. The third-order valence-corrected chi connectivity index (χ3v) is 7.25. The van der Waals surface area contributed by atoms with Crippen molar-refractivity contribution in [1.82, 2.24) is 10.2 Å². The van der Waals surface area contributed by atoms with Gasteiger partial charge in [-0.15, -0.1) is 0 Å². The monoisotopic (exact) mass is 514 g/mol. The molecule has 1 aliphatic rings. The lowest BCUT2D eigenvalue weighted by Crippen LogP contribution is -2.45. The summed E-state index contributed by atoms with van der Waals surface area (Å²) in [5.41, 5.74) is 2.00. The van der Waals surface area contributed by atoms with E-state index >= 15 is 0 Å². The van der Waals surface area contributed by atoms with Crippen LogP contribution in [0.1, 0.15) is 52.7 Å². The second-order valence-corrected chi connectivity index (χ2v) is 9.39. The number of para-hydroxylation sites is 1. The maximum atomic E-state index is 13.6. The largest absolute Gasteiger partial charge is 0.496 e. The maximum absolute atomic E-state index is 13.6. The van der Waals surface area contributed by atoms with Gasteiger partial charge in [-0.3, -0.25) is 14.4 Å². The van der Waals surface area contributed by atoms with Gasteiger partial charge in [-0.05, 0) is 48.6 Å². The molecule has 0 saturated carbocycles. The van der Waals surface area contributed by atoms with E-state index in [1.54, 1.807) is 43.1 Å². The van der Waals surface area contributed by atoms with Crippen LogP contribution in [-0.4, -0.2) is 56.5 Å². The zero-order valence-electron chi connectivity index (χ0n) is 22.1. The van der Waals surface area contributed by atoms with Crippen molar-refractivity contribution in [3.8, 4) is 5.75 Å². The molecule has 0 radical (unpaired) electrons. The first-order valence-electron chi connectivity index (χ1n) is 12.9. The molecule has 198 valence electrons. The number of carbonyl (C=O) groups is 3. The second-order valence-electron chi connectivity index (χ2n) is 9.39. The van der Waals surface area contributed by atoms with Crippen LogP contribution in [0.15, 0.2) is 78.9 Å². The van der Waals surface area contributed by atoms with Gasteiger partial charge in [0.05, 0.1) is 25.2 Å². The number of nitrogens with zero attached hydrogens (tertiary/aromatic N) is 1. The van der Waals surface area contributed by atoms with Crippen molar-refractivity contribution in [2.75, 3.05) is 33.9 Å². The van der Waals surface area contributed by atoms with E-state index in [4.69, 9.17) is 9.47 Å². The molecule has 1 aliphatic carbocycles. The van der Waals surface area contributed by atoms with Gasteiger partial charge in [-0.1, -0.05) is 66.7 Å². The van der Waals surface area contributed by atoms with Gasteiger partial charge in [-0.2, -0.15) is 0 Å². The number of nitrogens with one attached hydrogen (secondary N) is 1. The molecule has 7 heteroatoms. The van der Waals surface area contributed by atoms with E-state index < -0.39 is 11.3 Å². The van der Waals surface area contributed by atoms with E-state index in [-0.39, 0.29) is 24.4 Å². The molecule has 3 aromatic carbocycles. The minimum atomic E-state index is -0.966. The molecular formula is C31H34N2O5. The quantitative estimate of drug-likeness (QED) is 0.430. The first-order chi connectivity index (χ1) is 18.4. The summed E-state index contributed by atoms with van der Waals surface area (Å²) in [6.45, 7) is 2.73. The van der Waals surface area contributed by atoms with Gasteiger partial charge in [0.2, 0.25) is 5.91 Å². The van der Waals surface area contributed by atoms with E-state index in [1.165, 1.54) is 7.11 Å². The van der Waals surface area contributed by atoms with E-state index in [2.05, 4.69) is 5.32 Å². The van der Waals surface area contributed by atoms with Crippen molar-refractivity contribution in [3.63, 3.8) is 0 Å². The molecular weight excluding hydrogens is 480 g/mol. The normalized spacial score (nSPS) is 18.1. The summed E-state index contributed by atoms with van der Waals surface area (Å²) in [6, 6.07) is 24.4. The summed E-state index contributed by atoms with van der Waals surface area (Å²) in [5.74, 6) is -0.496. The molecule has 0 heterocycles. The molecule has 0 aliphatic heterocycles. The van der Waals surface area contributed by atoms with Crippen LogP contribution in [0, 0.1) is 0 Å². The van der Waals surface area contributed by atoms with Crippen LogP contribution in [0.2, 0.25) is 0 Å². The highest BCUT2D eigenvalue weighted by molar-refractivity contribution is 5.97. The molecule has 7 nitrogen and oxygen atoms in total. The van der Waals surface area contributed by atoms with Gasteiger partial charge >= 0.3 is 5.97 Å². The number of rotatable bonds is 9. The molecule has 0 bridgehead atoms. The number of fused-ring (bicyclic) bond motifs is 1. The maximum Gasteiger partial charge on any atom is 0.321 e. The van der Waals surface area contributed by atoms with Crippen LogP contribution in [0.5, 0.6) is 5.75 Å². The molecule has 3 aromatic rings. The highest BCUT2D eigenvalue weighted by atomic mass is 16.5. The van der Waals surface area contributed by atoms with Gasteiger partial charge < -0.3 is 19.7 Å². The number of ether oxygens (including phenoxy) is 2. The standard InChI is InChI=1S/C31H34N2O5/c1-4-38-30(36)31(22-12-6-5-7-13-22)19-18-24(23-14-8-10-16-26(23)31)29(35)33(2)21-20-32-28(34)25-15-9-11-17-27(25)37-3/h5-17,24H,4,18-21H2,1-3H3,(H,32,34)/t24-,31+/m0/s1. The Bertz CT molecular complexity index is 1290. The van der Waals surface area contributed by atoms with Crippen LogP contribution in [0.25, 0.3) is 0 Å². The molecule has 0 unspecified atom stereocenters. The summed E-state index contributed by atoms with van der Waals surface area (Å²) in [5, 5.41) is 2.87. The smallest absolute Gasteiger partial charge is 0.321 e. The Hall–Kier alpha value is -4.13. The number of hydrogen-bond donors (Lipinski definition) is 1. The van der Waals surface area contributed by atoms with Gasteiger partial charge in [-0.25, -0.2) is 0 Å². The van der Waals surface area contributed by atoms with Gasteiger partial charge in [0.1, 0.15) is 11.2 Å². The van der Waals surface area contributed by atoms with E-state index in [9.17, 15) is 14.4 Å². The number of benzene rings is 3. The second kappa shape index (κ2) is 11.9. The molecule has 1 N–H and O–H groups in total. The average molecular weight is 515 g/mol. The van der Waals surface area contributed by atoms with Crippen LogP contribution in [0.3, 0.4) is 0 Å². The first kappa shape index (κ1) is 26.9. The van der Waals surface area contributed by atoms with Crippen LogP contribution in [0.4, 0.5) is 0 Å². The molecule has 38 heavy (non-hydrogen) atoms. The Morgan fingerprint density at radius 1 is 0.974 bits per heavy atom. The van der Waals surface area contributed by atoms with E-state index in [0.29, 0.717) is 37.2 Å². The first-order valence-corrected chi connectivity index (χ1v) is 12.9. The Balaban J connectivity index is 1.53. The lowest BCUT2D eigenvalue weighted by atomic mass is 9.63. The fraction of sp³-hybridized carbons (Fsp3) is 0.323. The Kier molecular flexibility index (Phi) is 8.46. The lowest BCUT2D eigenvalue weighted by molar-refractivity contribution is -0.149. The summed E-state index contributed by atoms with van der Waals surface area (Å²) >= 11 is 0. The fourth-order valence-electron chi connectivity index (χ4n) is 5.34. The summed E-state index contributed by atoms with van der Waals surface area (Å²) in [4.78, 5) is 41.4. The number of amides is 2. The third kappa shape index (κ3) is 5.14. The fourth-order valence-corrected chi connectivity index (χ4v) is 5.34. The third-order valence-electron chi connectivity index (χ3n) is 7.25. The van der Waals surface area contributed by atoms with Crippen LogP contribution < -0.4 is 10.1 Å².